The van der Waals surface area contributed by atoms with Crippen LogP contribution in [0, 0.1) is 11.7 Å². The van der Waals surface area contributed by atoms with Gasteiger partial charge in [-0.2, -0.15) is 0 Å². The third-order valence-corrected chi connectivity index (χ3v) is 4.25. The van der Waals surface area contributed by atoms with E-state index in [1.165, 1.54) is 11.6 Å². The van der Waals surface area contributed by atoms with Crippen LogP contribution in [0.3, 0.4) is 0 Å². The molecule has 1 saturated carbocycles. The molecule has 2 N–H and O–H groups in total. The lowest BCUT2D eigenvalue weighted by Gasteiger charge is -2.14. The van der Waals surface area contributed by atoms with E-state index in [-0.39, 0.29) is 12.1 Å². The van der Waals surface area contributed by atoms with E-state index >= 15 is 0 Å². The maximum Gasteiger partial charge on any atom is 0.315 e. The first kappa shape index (κ1) is 15.5. The molecule has 0 saturated heterocycles. The lowest BCUT2D eigenvalue weighted by atomic mass is 10.1. The summed E-state index contributed by atoms with van der Waals surface area (Å²) in [5.41, 5.74) is 1.98. The van der Waals surface area contributed by atoms with E-state index in [4.69, 9.17) is 0 Å². The van der Waals surface area contributed by atoms with Crippen molar-refractivity contribution in [2.24, 2.45) is 5.92 Å². The first-order valence-corrected chi connectivity index (χ1v) is 7.83. The summed E-state index contributed by atoms with van der Waals surface area (Å²) in [5.74, 6) is 0.635. The average Bonchev–Trinajstić information content (AvgIpc) is 3.33. The Morgan fingerprint density at radius 2 is 2.13 bits per heavy atom. The summed E-state index contributed by atoms with van der Waals surface area (Å²) in [5, 5.41) is 5.70. The second kappa shape index (κ2) is 6.77. The molecule has 1 aliphatic rings. The molecule has 0 spiro atoms. The number of benzene rings is 1. The van der Waals surface area contributed by atoms with E-state index in [0.29, 0.717) is 23.9 Å². The predicted molar refractivity (Wildman–Crippen MR) is 86.4 cm³/mol. The van der Waals surface area contributed by atoms with Crippen LogP contribution in [0.2, 0.25) is 0 Å². The van der Waals surface area contributed by atoms with Gasteiger partial charge in [0, 0.05) is 12.7 Å². The lowest BCUT2D eigenvalue weighted by molar-refractivity contribution is 0.237. The minimum Gasteiger partial charge on any atom is -0.338 e. The maximum absolute atomic E-state index is 13.1. The van der Waals surface area contributed by atoms with Gasteiger partial charge in [-0.25, -0.2) is 9.18 Å². The number of amides is 2. The summed E-state index contributed by atoms with van der Waals surface area (Å²) < 4.78 is 13.1. The highest BCUT2D eigenvalue weighted by Gasteiger charge is 2.38. The Kier molecular flexibility index (Phi) is 4.55. The minimum absolute atomic E-state index is 0.236. The normalized spacial score (nSPS) is 20.6. The van der Waals surface area contributed by atoms with E-state index in [9.17, 15) is 9.18 Å². The second-order valence-corrected chi connectivity index (χ2v) is 6.03. The summed E-state index contributed by atoms with van der Waals surface area (Å²) >= 11 is 0. The van der Waals surface area contributed by atoms with E-state index in [2.05, 4.69) is 27.8 Å². The Bertz CT molecular complexity index is 677. The number of pyridine rings is 1. The third kappa shape index (κ3) is 4.06. The molecule has 3 atom stereocenters. The van der Waals surface area contributed by atoms with Gasteiger partial charge in [-0.05, 0) is 42.4 Å². The monoisotopic (exact) mass is 313 g/mol. The molecule has 4 nitrogen and oxygen atoms in total. The summed E-state index contributed by atoms with van der Waals surface area (Å²) in [6, 6.07) is 11.2. The summed E-state index contributed by atoms with van der Waals surface area (Å²) in [4.78, 5) is 15.7. The van der Waals surface area contributed by atoms with Gasteiger partial charge < -0.3 is 10.6 Å². The Labute approximate surface area is 135 Å². The molecule has 1 heterocycles. The van der Waals surface area contributed by atoms with Gasteiger partial charge in [0.1, 0.15) is 5.82 Å². The zero-order valence-electron chi connectivity index (χ0n) is 13.0. The molecule has 2 amide bonds. The third-order valence-electron chi connectivity index (χ3n) is 4.25. The first-order chi connectivity index (χ1) is 11.1. The molecule has 1 aromatic heterocycles. The van der Waals surface area contributed by atoms with Gasteiger partial charge in [0.25, 0.3) is 0 Å². The fourth-order valence-corrected chi connectivity index (χ4v) is 2.80. The van der Waals surface area contributed by atoms with Crippen LogP contribution >= 0.6 is 0 Å². The number of aromatic nitrogens is 1. The van der Waals surface area contributed by atoms with E-state index in [0.717, 1.165) is 12.6 Å². The second-order valence-electron chi connectivity index (χ2n) is 6.03. The maximum atomic E-state index is 13.1. The number of nitrogens with one attached hydrogen (secondary N) is 2. The number of rotatable bonds is 5. The van der Waals surface area contributed by atoms with Crippen LogP contribution in [0.15, 0.2) is 48.8 Å². The molecule has 2 aromatic rings. The molecule has 1 aliphatic carbocycles. The summed E-state index contributed by atoms with van der Waals surface area (Å²) in [6.45, 7) is 2.46. The zero-order chi connectivity index (χ0) is 16.2. The number of urea groups is 1. The molecule has 0 radical (unpaired) electrons. The van der Waals surface area contributed by atoms with Crippen molar-refractivity contribution in [3.05, 3.63) is 65.7 Å². The predicted octanol–water partition coefficient (Wildman–Crippen LogP) is 3.38. The fourth-order valence-electron chi connectivity index (χ4n) is 2.80. The molecule has 1 fully saturated rings. The summed E-state index contributed by atoms with van der Waals surface area (Å²) in [6.07, 6.45) is 3.81. The number of nitrogens with zero attached hydrogens (tertiary/aromatic N) is 1. The van der Waals surface area contributed by atoms with Crippen molar-refractivity contribution in [1.82, 2.24) is 15.6 Å². The van der Waals surface area contributed by atoms with Gasteiger partial charge in [-0.15, -0.1) is 0 Å². The minimum atomic E-state index is -0.403. The molecular weight excluding hydrogens is 293 g/mol. The standard InChI is InChI=1S/C18H20FN3O/c1-12(14-7-16(19)11-20-9-14)22-18(23)21-10-15-8-17(15)13-5-3-2-4-6-13/h2-7,9,11-12,15,17H,8,10H2,1H3,(H2,21,22,23)/t12-,15-,17-/m1/s1. The average molecular weight is 313 g/mol. The van der Waals surface area contributed by atoms with E-state index in [1.54, 1.807) is 13.1 Å². The van der Waals surface area contributed by atoms with Crippen LogP contribution < -0.4 is 10.6 Å². The lowest BCUT2D eigenvalue weighted by Crippen LogP contribution is -2.38. The number of halogens is 1. The first-order valence-electron chi connectivity index (χ1n) is 7.83. The van der Waals surface area contributed by atoms with E-state index in [1.807, 2.05) is 18.2 Å². The van der Waals surface area contributed by atoms with Crippen molar-refractivity contribution in [2.45, 2.75) is 25.3 Å². The molecule has 0 unspecified atom stereocenters. The van der Waals surface area contributed by atoms with Gasteiger partial charge in [-0.3, -0.25) is 4.98 Å². The van der Waals surface area contributed by atoms with Crippen LogP contribution in [-0.4, -0.2) is 17.6 Å². The Hall–Kier alpha value is -2.43. The van der Waals surface area contributed by atoms with Crippen molar-refractivity contribution in [3.8, 4) is 0 Å². The van der Waals surface area contributed by atoms with Crippen molar-refractivity contribution >= 4 is 6.03 Å². The molecular formula is C18H20FN3O. The van der Waals surface area contributed by atoms with Crippen molar-refractivity contribution in [2.75, 3.05) is 6.54 Å². The Balaban J connectivity index is 1.44. The van der Waals surface area contributed by atoms with Gasteiger partial charge >= 0.3 is 6.03 Å². The molecule has 23 heavy (non-hydrogen) atoms. The van der Waals surface area contributed by atoms with Crippen molar-refractivity contribution in [3.63, 3.8) is 0 Å². The van der Waals surface area contributed by atoms with E-state index < -0.39 is 5.82 Å². The number of hydrogen-bond donors (Lipinski definition) is 2. The van der Waals surface area contributed by atoms with Crippen LogP contribution in [0.4, 0.5) is 9.18 Å². The molecule has 3 rings (SSSR count). The fraction of sp³-hybridized carbons (Fsp3) is 0.333. The van der Waals surface area contributed by atoms with Crippen LogP contribution in [-0.2, 0) is 0 Å². The molecule has 0 bridgehead atoms. The number of carbonyl (C=O) groups is 1. The van der Waals surface area contributed by atoms with Gasteiger partial charge in [0.05, 0.1) is 12.2 Å². The SMILES string of the molecule is C[C@@H](NC(=O)NC[C@H]1C[C@@H]1c1ccccc1)c1cncc(F)c1. The van der Waals surface area contributed by atoms with Crippen molar-refractivity contribution in [1.29, 1.82) is 0 Å². The molecule has 5 heteroatoms. The van der Waals surface area contributed by atoms with Gasteiger partial charge in [-0.1, -0.05) is 30.3 Å². The van der Waals surface area contributed by atoms with Crippen molar-refractivity contribution < 1.29 is 9.18 Å². The molecule has 120 valence electrons. The van der Waals surface area contributed by atoms with Crippen LogP contribution in [0.5, 0.6) is 0 Å². The molecule has 0 aliphatic heterocycles. The Morgan fingerprint density at radius 1 is 1.35 bits per heavy atom. The number of hydrogen-bond acceptors (Lipinski definition) is 2. The van der Waals surface area contributed by atoms with Gasteiger partial charge in [0.2, 0.25) is 0 Å². The zero-order valence-corrected chi connectivity index (χ0v) is 13.0. The number of carbonyl (C=O) groups excluding carboxylic acids is 1. The highest BCUT2D eigenvalue weighted by atomic mass is 19.1. The Morgan fingerprint density at radius 3 is 2.87 bits per heavy atom. The topological polar surface area (TPSA) is 54.0 Å². The smallest absolute Gasteiger partial charge is 0.315 e. The highest BCUT2D eigenvalue weighted by Crippen LogP contribution is 2.46. The van der Waals surface area contributed by atoms with Gasteiger partial charge in [0.15, 0.2) is 0 Å². The highest BCUT2D eigenvalue weighted by molar-refractivity contribution is 5.74. The quantitative estimate of drug-likeness (QED) is 0.889. The summed E-state index contributed by atoms with van der Waals surface area (Å²) in [7, 11) is 0. The van der Waals surface area contributed by atoms with Crippen LogP contribution in [0.1, 0.15) is 36.4 Å². The largest absolute Gasteiger partial charge is 0.338 e. The van der Waals surface area contributed by atoms with Crippen LogP contribution in [0.25, 0.3) is 0 Å². The molecule has 1 aromatic carbocycles.